The molecule has 1 aromatic carbocycles. The van der Waals surface area contributed by atoms with Crippen LogP contribution in [0.25, 0.3) is 5.69 Å². The molecule has 0 aliphatic rings. The normalized spacial score (nSPS) is 10.7. The predicted octanol–water partition coefficient (Wildman–Crippen LogP) is 3.85. The molecule has 0 saturated carbocycles. The highest BCUT2D eigenvalue weighted by atomic mass is 35.5. The Morgan fingerprint density at radius 3 is 2.48 bits per heavy atom. The Balaban J connectivity index is 1.61. The molecule has 2 amide bonds. The van der Waals surface area contributed by atoms with Crippen molar-refractivity contribution in [3.63, 3.8) is 0 Å². The van der Waals surface area contributed by atoms with Gasteiger partial charge < -0.3 is 9.80 Å². The molecule has 0 aliphatic carbocycles. The Labute approximate surface area is 185 Å². The van der Waals surface area contributed by atoms with E-state index in [4.69, 9.17) is 11.6 Å². The molecular formula is C22H23ClFN5O2. The lowest BCUT2D eigenvalue weighted by molar-refractivity contribution is -0.132. The van der Waals surface area contributed by atoms with Crippen LogP contribution >= 0.6 is 11.6 Å². The van der Waals surface area contributed by atoms with Gasteiger partial charge >= 0.3 is 0 Å². The minimum Gasteiger partial charge on any atom is -0.341 e. The van der Waals surface area contributed by atoms with Gasteiger partial charge in [-0.1, -0.05) is 23.7 Å². The van der Waals surface area contributed by atoms with E-state index in [-0.39, 0.29) is 35.6 Å². The van der Waals surface area contributed by atoms with Gasteiger partial charge in [-0.3, -0.25) is 14.6 Å². The highest BCUT2D eigenvalue weighted by Crippen LogP contribution is 2.26. The first-order valence-electron chi connectivity index (χ1n) is 9.83. The van der Waals surface area contributed by atoms with E-state index in [1.54, 1.807) is 48.5 Å². The summed E-state index contributed by atoms with van der Waals surface area (Å²) in [6.45, 7) is 2.56. The van der Waals surface area contributed by atoms with Crippen molar-refractivity contribution >= 4 is 29.1 Å². The Hall–Kier alpha value is -3.26. The molecule has 162 valence electrons. The van der Waals surface area contributed by atoms with Gasteiger partial charge in [0.05, 0.1) is 18.1 Å². The smallest absolute Gasteiger partial charge is 0.227 e. The molecule has 3 aromatic rings. The fraction of sp³-hybridized carbons (Fsp3) is 0.273. The molecule has 0 saturated heterocycles. The van der Waals surface area contributed by atoms with Crippen molar-refractivity contribution in [2.24, 2.45) is 0 Å². The van der Waals surface area contributed by atoms with Crippen molar-refractivity contribution in [1.82, 2.24) is 19.7 Å². The van der Waals surface area contributed by atoms with E-state index in [1.165, 1.54) is 21.9 Å². The Morgan fingerprint density at radius 1 is 1.13 bits per heavy atom. The number of benzene rings is 1. The fourth-order valence-corrected chi connectivity index (χ4v) is 3.35. The monoisotopic (exact) mass is 443 g/mol. The summed E-state index contributed by atoms with van der Waals surface area (Å²) in [4.78, 5) is 32.3. The number of pyridine rings is 1. The van der Waals surface area contributed by atoms with Gasteiger partial charge in [0.1, 0.15) is 11.5 Å². The zero-order valence-corrected chi connectivity index (χ0v) is 18.1. The molecule has 2 heterocycles. The van der Waals surface area contributed by atoms with E-state index < -0.39 is 0 Å². The number of rotatable bonds is 8. The maximum atomic E-state index is 13.0. The van der Waals surface area contributed by atoms with Crippen LogP contribution in [0.1, 0.15) is 25.3 Å². The van der Waals surface area contributed by atoms with Crippen molar-refractivity contribution < 1.29 is 14.0 Å². The second kappa shape index (κ2) is 10.2. The lowest BCUT2D eigenvalue weighted by atomic mass is 10.2. The first kappa shape index (κ1) is 22.4. The molecule has 31 heavy (non-hydrogen) atoms. The molecule has 7 nitrogen and oxygen atoms in total. The van der Waals surface area contributed by atoms with Crippen molar-refractivity contribution in [3.05, 3.63) is 71.5 Å². The van der Waals surface area contributed by atoms with Crippen LogP contribution in [0.4, 0.5) is 10.1 Å². The molecule has 0 bridgehead atoms. The van der Waals surface area contributed by atoms with Crippen LogP contribution in [0.2, 0.25) is 5.15 Å². The fourth-order valence-electron chi connectivity index (χ4n) is 3.12. The van der Waals surface area contributed by atoms with E-state index >= 15 is 0 Å². The molecule has 0 radical (unpaired) electrons. The van der Waals surface area contributed by atoms with E-state index in [1.807, 2.05) is 13.0 Å². The SMILES string of the molecule is CCN(C(=O)CCC(=O)N(C)Cc1ccc(F)cc1)c1cn(-c2cccnc2)nc1Cl. The number of halogens is 2. The van der Waals surface area contributed by atoms with Crippen LogP contribution < -0.4 is 4.90 Å². The average Bonchev–Trinajstić information content (AvgIpc) is 3.16. The number of nitrogens with zero attached hydrogens (tertiary/aromatic N) is 5. The van der Waals surface area contributed by atoms with Gasteiger partial charge in [0.2, 0.25) is 11.8 Å². The highest BCUT2D eigenvalue weighted by Gasteiger charge is 2.21. The molecule has 0 unspecified atom stereocenters. The van der Waals surface area contributed by atoms with Gasteiger partial charge in [-0.05, 0) is 36.8 Å². The quantitative estimate of drug-likeness (QED) is 0.530. The van der Waals surface area contributed by atoms with Gasteiger partial charge in [-0.25, -0.2) is 9.07 Å². The molecule has 2 aromatic heterocycles. The Morgan fingerprint density at radius 2 is 1.84 bits per heavy atom. The Bertz CT molecular complexity index is 1040. The largest absolute Gasteiger partial charge is 0.341 e. The van der Waals surface area contributed by atoms with E-state index in [0.29, 0.717) is 18.8 Å². The molecular weight excluding hydrogens is 421 g/mol. The number of hydrogen-bond donors (Lipinski definition) is 0. The van der Waals surface area contributed by atoms with Gasteiger partial charge in [0, 0.05) is 39.2 Å². The van der Waals surface area contributed by atoms with E-state index in [9.17, 15) is 14.0 Å². The third kappa shape index (κ3) is 5.67. The van der Waals surface area contributed by atoms with Gasteiger partial charge in [-0.15, -0.1) is 0 Å². The molecule has 0 fully saturated rings. The molecule has 0 N–H and O–H groups in total. The number of amides is 2. The lowest BCUT2D eigenvalue weighted by Gasteiger charge is -2.21. The van der Waals surface area contributed by atoms with E-state index in [2.05, 4.69) is 10.1 Å². The predicted molar refractivity (Wildman–Crippen MR) is 117 cm³/mol. The van der Waals surface area contributed by atoms with Crippen LogP contribution in [0.3, 0.4) is 0 Å². The van der Waals surface area contributed by atoms with Crippen molar-refractivity contribution in [3.8, 4) is 5.69 Å². The zero-order valence-electron chi connectivity index (χ0n) is 17.3. The number of carbonyl (C=O) groups is 2. The van der Waals surface area contributed by atoms with Crippen LogP contribution in [0, 0.1) is 5.82 Å². The number of hydrogen-bond acceptors (Lipinski definition) is 4. The summed E-state index contributed by atoms with van der Waals surface area (Å²) >= 11 is 6.28. The minimum atomic E-state index is -0.325. The van der Waals surface area contributed by atoms with Crippen LogP contribution in [0.15, 0.2) is 55.0 Å². The summed E-state index contributed by atoms with van der Waals surface area (Å²) in [7, 11) is 1.66. The van der Waals surface area contributed by atoms with Crippen LogP contribution in [-0.2, 0) is 16.1 Å². The standard InChI is InChI=1S/C22H23ClFN5O2/c1-3-28(19-15-29(26-22(19)23)18-5-4-12-25-13-18)21(31)11-10-20(30)27(2)14-16-6-8-17(24)9-7-16/h4-9,12-13,15H,3,10-11,14H2,1-2H3. The molecule has 0 spiro atoms. The molecule has 0 atom stereocenters. The van der Waals surface area contributed by atoms with Crippen LogP contribution in [-0.4, -0.2) is 45.1 Å². The number of aromatic nitrogens is 3. The summed E-state index contributed by atoms with van der Waals surface area (Å²) in [6.07, 6.45) is 5.06. The third-order valence-corrected chi connectivity index (χ3v) is 5.05. The van der Waals surface area contributed by atoms with Gasteiger partial charge in [-0.2, -0.15) is 5.10 Å². The number of carbonyl (C=O) groups excluding carboxylic acids is 2. The van der Waals surface area contributed by atoms with Crippen molar-refractivity contribution in [1.29, 1.82) is 0 Å². The zero-order chi connectivity index (χ0) is 22.4. The maximum absolute atomic E-state index is 13.0. The average molecular weight is 444 g/mol. The maximum Gasteiger partial charge on any atom is 0.227 e. The van der Waals surface area contributed by atoms with Gasteiger partial charge in [0.15, 0.2) is 5.15 Å². The summed E-state index contributed by atoms with van der Waals surface area (Å²) < 4.78 is 14.6. The summed E-state index contributed by atoms with van der Waals surface area (Å²) in [5.41, 5.74) is 2.01. The second-order valence-corrected chi connectivity index (χ2v) is 7.33. The first-order valence-corrected chi connectivity index (χ1v) is 10.2. The van der Waals surface area contributed by atoms with E-state index in [0.717, 1.165) is 11.3 Å². The number of anilines is 1. The lowest BCUT2D eigenvalue weighted by Crippen LogP contribution is -2.32. The molecule has 3 rings (SSSR count). The minimum absolute atomic E-state index is 0.0365. The van der Waals surface area contributed by atoms with Crippen molar-refractivity contribution in [2.75, 3.05) is 18.5 Å². The summed E-state index contributed by atoms with van der Waals surface area (Å²) in [6, 6.07) is 9.57. The second-order valence-electron chi connectivity index (χ2n) is 6.98. The first-order chi connectivity index (χ1) is 14.9. The highest BCUT2D eigenvalue weighted by molar-refractivity contribution is 6.32. The van der Waals surface area contributed by atoms with Crippen LogP contribution in [0.5, 0.6) is 0 Å². The Kier molecular flexibility index (Phi) is 7.36. The molecule has 0 aliphatic heterocycles. The molecule has 9 heteroatoms. The summed E-state index contributed by atoms with van der Waals surface area (Å²) in [5.74, 6) is -0.724. The topological polar surface area (TPSA) is 71.3 Å². The van der Waals surface area contributed by atoms with Crippen molar-refractivity contribution in [2.45, 2.75) is 26.3 Å². The summed E-state index contributed by atoms with van der Waals surface area (Å²) in [5, 5.41) is 4.45. The van der Waals surface area contributed by atoms with Gasteiger partial charge in [0.25, 0.3) is 0 Å². The third-order valence-electron chi connectivity index (χ3n) is 4.78.